The van der Waals surface area contributed by atoms with Crippen molar-refractivity contribution in [3.05, 3.63) is 60.2 Å². The molecule has 2 atom stereocenters. The van der Waals surface area contributed by atoms with E-state index in [9.17, 15) is 14.2 Å². The van der Waals surface area contributed by atoms with Crippen LogP contribution < -0.4 is 9.62 Å². The van der Waals surface area contributed by atoms with E-state index in [-0.39, 0.29) is 12.4 Å². The number of nitrogens with zero attached hydrogens (tertiary/aromatic N) is 1. The van der Waals surface area contributed by atoms with Crippen molar-refractivity contribution in [2.75, 3.05) is 17.9 Å². The molecule has 4 N–H and O–H groups in total. The molecule has 0 spiro atoms. The molecule has 3 rings (SSSR count). The summed E-state index contributed by atoms with van der Waals surface area (Å²) in [4.78, 5) is 0. The van der Waals surface area contributed by atoms with E-state index in [0.717, 1.165) is 16.9 Å². The molecule has 1 heterocycles. The summed E-state index contributed by atoms with van der Waals surface area (Å²) in [6, 6.07) is 17.1. The van der Waals surface area contributed by atoms with Crippen LogP contribution in [-0.4, -0.2) is 39.2 Å². The van der Waals surface area contributed by atoms with Crippen LogP contribution in [-0.2, 0) is 6.42 Å². The molecular weight excluding hydrogens is 360 g/mol. The van der Waals surface area contributed by atoms with Crippen molar-refractivity contribution in [1.82, 2.24) is 5.32 Å². The third-order valence-electron chi connectivity index (χ3n) is 4.42. The lowest BCUT2D eigenvalue weighted by Crippen LogP contribution is -2.44. The third-order valence-corrected chi connectivity index (χ3v) is 6.65. The standard InChI is InChI=1S/C18H24N2O3S.ClH/c1-19-12-11-17(21)18-13-14-7-5-6-10-16(14)20(24(18,22)23)15-8-3-2-4-9-15;/h2-10,17-19,21-23H,11-13H2,1H3;1H/t17-,18+;/m0./s1. The summed E-state index contributed by atoms with van der Waals surface area (Å²) in [5.41, 5.74) is 2.53. The van der Waals surface area contributed by atoms with Gasteiger partial charge in [-0.3, -0.25) is 9.11 Å². The van der Waals surface area contributed by atoms with Gasteiger partial charge in [0.05, 0.1) is 22.7 Å². The van der Waals surface area contributed by atoms with E-state index in [1.165, 1.54) is 0 Å². The van der Waals surface area contributed by atoms with Gasteiger partial charge in [-0.25, -0.2) is 4.31 Å². The van der Waals surface area contributed by atoms with Gasteiger partial charge in [-0.15, -0.1) is 23.2 Å². The first-order chi connectivity index (χ1) is 11.6. The zero-order valence-electron chi connectivity index (χ0n) is 14.1. The van der Waals surface area contributed by atoms with Gasteiger partial charge in [-0.2, -0.15) is 0 Å². The van der Waals surface area contributed by atoms with Crippen molar-refractivity contribution in [3.8, 4) is 0 Å². The molecule has 0 fully saturated rings. The quantitative estimate of drug-likeness (QED) is 0.630. The Morgan fingerprint density at radius 3 is 2.44 bits per heavy atom. The average Bonchev–Trinajstić information content (AvgIpc) is 2.59. The molecule has 1 aliphatic rings. The molecule has 5 nitrogen and oxygen atoms in total. The summed E-state index contributed by atoms with van der Waals surface area (Å²) < 4.78 is 23.7. The van der Waals surface area contributed by atoms with Gasteiger partial charge >= 0.3 is 0 Å². The minimum absolute atomic E-state index is 0. The van der Waals surface area contributed by atoms with Gasteiger partial charge in [0.25, 0.3) is 0 Å². The number of halogens is 1. The van der Waals surface area contributed by atoms with Crippen LogP contribution in [0, 0.1) is 0 Å². The number of nitrogens with one attached hydrogen (secondary N) is 1. The minimum atomic E-state index is -3.20. The first-order valence-electron chi connectivity index (χ1n) is 8.08. The van der Waals surface area contributed by atoms with Crippen molar-refractivity contribution in [1.29, 1.82) is 0 Å². The molecule has 138 valence electrons. The Morgan fingerprint density at radius 2 is 1.76 bits per heavy atom. The average molecular weight is 385 g/mol. The second-order valence-electron chi connectivity index (χ2n) is 6.02. The van der Waals surface area contributed by atoms with E-state index in [1.807, 2.05) is 61.6 Å². The number of fused-ring (bicyclic) bond motifs is 1. The zero-order valence-corrected chi connectivity index (χ0v) is 15.7. The van der Waals surface area contributed by atoms with Crippen LogP contribution in [0.4, 0.5) is 11.4 Å². The summed E-state index contributed by atoms with van der Waals surface area (Å²) in [7, 11) is -1.39. The number of aliphatic hydroxyl groups is 1. The Labute approximate surface area is 156 Å². The lowest BCUT2D eigenvalue weighted by atomic mass is 10.0. The van der Waals surface area contributed by atoms with Gasteiger partial charge in [0, 0.05) is 0 Å². The highest BCUT2D eigenvalue weighted by Gasteiger charge is 2.42. The fraction of sp³-hybridized carbons (Fsp3) is 0.333. The fourth-order valence-electron chi connectivity index (χ4n) is 3.17. The number of hydrogen-bond donors (Lipinski definition) is 4. The lowest BCUT2D eigenvalue weighted by molar-refractivity contribution is 0.153. The highest BCUT2D eigenvalue weighted by Crippen LogP contribution is 2.60. The predicted octanol–water partition coefficient (Wildman–Crippen LogP) is 3.81. The Bertz CT molecular complexity index is 687. The first kappa shape index (κ1) is 20.0. The summed E-state index contributed by atoms with van der Waals surface area (Å²) in [5.74, 6) is 0. The monoisotopic (exact) mass is 384 g/mol. The maximum Gasteiger partial charge on any atom is 0.0992 e. The molecule has 0 bridgehead atoms. The van der Waals surface area contributed by atoms with E-state index in [4.69, 9.17) is 0 Å². The maximum absolute atomic E-state index is 11.0. The Kier molecular flexibility index (Phi) is 6.73. The van der Waals surface area contributed by atoms with Crippen LogP contribution in [0.3, 0.4) is 0 Å². The molecule has 1 aliphatic heterocycles. The minimum Gasteiger partial charge on any atom is -0.391 e. The molecule has 0 saturated heterocycles. The van der Waals surface area contributed by atoms with E-state index >= 15 is 0 Å². The summed E-state index contributed by atoms with van der Waals surface area (Å²) in [6.07, 6.45) is 0.135. The maximum atomic E-state index is 11.0. The summed E-state index contributed by atoms with van der Waals surface area (Å²) in [6.45, 7) is 0.625. The number of anilines is 2. The SMILES string of the molecule is CNCC[C@H](O)[C@H]1Cc2ccccc2N(c2ccccc2)S1(O)O.Cl. The normalized spacial score (nSPS) is 21.0. The molecule has 0 amide bonds. The smallest absolute Gasteiger partial charge is 0.0992 e. The lowest BCUT2D eigenvalue weighted by Gasteiger charge is -2.54. The molecule has 2 aromatic rings. The van der Waals surface area contributed by atoms with Crippen LogP contribution in [0.15, 0.2) is 54.6 Å². The van der Waals surface area contributed by atoms with Crippen LogP contribution >= 0.6 is 23.2 Å². The molecule has 0 aliphatic carbocycles. The van der Waals surface area contributed by atoms with E-state index in [1.54, 1.807) is 4.31 Å². The zero-order chi connectivity index (χ0) is 17.2. The van der Waals surface area contributed by atoms with E-state index < -0.39 is 22.1 Å². The van der Waals surface area contributed by atoms with Crippen molar-refractivity contribution in [2.45, 2.75) is 24.2 Å². The molecule has 0 radical (unpaired) electrons. The number of hydrogen-bond acceptors (Lipinski definition) is 5. The van der Waals surface area contributed by atoms with Crippen LogP contribution in [0.2, 0.25) is 0 Å². The first-order valence-corrected chi connectivity index (χ1v) is 9.65. The van der Waals surface area contributed by atoms with Gasteiger partial charge in [0.1, 0.15) is 0 Å². The Balaban J connectivity index is 0.00000225. The summed E-state index contributed by atoms with van der Waals surface area (Å²) >= 11 is 0. The highest BCUT2D eigenvalue weighted by atomic mass is 35.5. The van der Waals surface area contributed by atoms with Crippen molar-refractivity contribution in [2.24, 2.45) is 0 Å². The molecular formula is C18H25ClN2O3S. The number of rotatable bonds is 5. The number of benzene rings is 2. The van der Waals surface area contributed by atoms with Gasteiger partial charge in [0.2, 0.25) is 0 Å². The van der Waals surface area contributed by atoms with Gasteiger partial charge in [-0.05, 0) is 50.2 Å². The fourth-order valence-corrected chi connectivity index (χ4v) is 5.30. The Hall–Kier alpha value is -1.28. The summed E-state index contributed by atoms with van der Waals surface area (Å²) in [5, 5.41) is 12.9. The second-order valence-corrected chi connectivity index (χ2v) is 8.11. The molecule has 25 heavy (non-hydrogen) atoms. The number of aliphatic hydroxyl groups excluding tert-OH is 1. The molecule has 2 aromatic carbocycles. The van der Waals surface area contributed by atoms with Crippen molar-refractivity contribution >= 4 is 34.6 Å². The topological polar surface area (TPSA) is 76.0 Å². The second kappa shape index (κ2) is 8.40. The molecule has 0 unspecified atom stereocenters. The third kappa shape index (κ3) is 3.95. The molecule has 7 heteroatoms. The predicted molar refractivity (Wildman–Crippen MR) is 107 cm³/mol. The largest absolute Gasteiger partial charge is 0.391 e. The van der Waals surface area contributed by atoms with Gasteiger partial charge in [0.15, 0.2) is 0 Å². The Morgan fingerprint density at radius 1 is 1.12 bits per heavy atom. The van der Waals surface area contributed by atoms with Crippen molar-refractivity contribution < 1.29 is 14.2 Å². The van der Waals surface area contributed by atoms with E-state index in [2.05, 4.69) is 5.32 Å². The van der Waals surface area contributed by atoms with Gasteiger partial charge < -0.3 is 10.4 Å². The van der Waals surface area contributed by atoms with Crippen LogP contribution in [0.25, 0.3) is 0 Å². The highest BCUT2D eigenvalue weighted by molar-refractivity contribution is 8.26. The van der Waals surface area contributed by atoms with E-state index in [0.29, 0.717) is 19.4 Å². The number of para-hydroxylation sites is 2. The van der Waals surface area contributed by atoms with Crippen LogP contribution in [0.1, 0.15) is 12.0 Å². The molecule has 0 saturated carbocycles. The van der Waals surface area contributed by atoms with Crippen LogP contribution in [0.5, 0.6) is 0 Å². The van der Waals surface area contributed by atoms with Gasteiger partial charge in [-0.1, -0.05) is 36.4 Å². The molecule has 0 aromatic heterocycles. The van der Waals surface area contributed by atoms with Crippen molar-refractivity contribution in [3.63, 3.8) is 0 Å².